The van der Waals surface area contributed by atoms with Gasteiger partial charge in [-0.15, -0.1) is 0 Å². The molecule has 25 heavy (non-hydrogen) atoms. The van der Waals surface area contributed by atoms with E-state index in [-0.39, 0.29) is 18.0 Å². The molecule has 0 saturated carbocycles. The Kier molecular flexibility index (Phi) is 4.37. The van der Waals surface area contributed by atoms with Crippen LogP contribution in [0.15, 0.2) is 36.4 Å². The molecule has 2 aromatic carbocycles. The molecule has 2 aromatic rings. The highest BCUT2D eigenvalue weighted by molar-refractivity contribution is 5.79. The SMILES string of the molecule is CC1(C)CC(NC(=O)Cc2c(F)cccc2F)c2cc(N)ccc2O1. The topological polar surface area (TPSA) is 64.4 Å². The van der Waals surface area contributed by atoms with Crippen molar-refractivity contribution < 1.29 is 18.3 Å². The Bertz CT molecular complexity index is 801. The number of nitrogens with one attached hydrogen (secondary N) is 1. The van der Waals surface area contributed by atoms with Crippen LogP contribution in [-0.2, 0) is 11.2 Å². The van der Waals surface area contributed by atoms with Crippen LogP contribution in [0, 0.1) is 11.6 Å². The fourth-order valence-corrected chi connectivity index (χ4v) is 3.11. The van der Waals surface area contributed by atoms with Gasteiger partial charge in [-0.1, -0.05) is 6.07 Å². The number of carbonyl (C=O) groups excluding carboxylic acids is 1. The molecule has 0 aliphatic carbocycles. The van der Waals surface area contributed by atoms with E-state index < -0.39 is 23.1 Å². The first kappa shape index (κ1) is 17.2. The number of carbonyl (C=O) groups is 1. The quantitative estimate of drug-likeness (QED) is 0.836. The highest BCUT2D eigenvalue weighted by Crippen LogP contribution is 2.40. The number of halogens is 2. The van der Waals surface area contributed by atoms with Crippen LogP contribution in [0.2, 0.25) is 0 Å². The van der Waals surface area contributed by atoms with Crippen LogP contribution in [0.3, 0.4) is 0 Å². The Balaban J connectivity index is 1.82. The minimum absolute atomic E-state index is 0.237. The van der Waals surface area contributed by atoms with Gasteiger partial charge in [-0.05, 0) is 44.2 Å². The molecule has 1 amide bonds. The summed E-state index contributed by atoms with van der Waals surface area (Å²) in [5, 5.41) is 2.85. The summed E-state index contributed by atoms with van der Waals surface area (Å²) >= 11 is 0. The van der Waals surface area contributed by atoms with E-state index in [0.29, 0.717) is 17.9 Å². The molecule has 0 saturated heterocycles. The van der Waals surface area contributed by atoms with E-state index in [1.807, 2.05) is 13.8 Å². The summed E-state index contributed by atoms with van der Waals surface area (Å²) in [7, 11) is 0. The Morgan fingerprint density at radius 2 is 1.96 bits per heavy atom. The zero-order chi connectivity index (χ0) is 18.2. The number of nitrogen functional groups attached to an aromatic ring is 1. The summed E-state index contributed by atoms with van der Waals surface area (Å²) in [5.74, 6) is -1.27. The van der Waals surface area contributed by atoms with Crippen molar-refractivity contribution in [1.82, 2.24) is 5.32 Å². The molecular weight excluding hydrogens is 326 g/mol. The van der Waals surface area contributed by atoms with Crippen molar-refractivity contribution in [3.63, 3.8) is 0 Å². The standard InChI is InChI=1S/C19H20F2N2O2/c1-19(2)10-16(13-8-11(22)6-7-17(13)25-19)23-18(24)9-12-14(20)4-3-5-15(12)21/h3-8,16H,9-10,22H2,1-2H3,(H,23,24). The summed E-state index contributed by atoms with van der Waals surface area (Å²) in [4.78, 5) is 12.4. The van der Waals surface area contributed by atoms with E-state index >= 15 is 0 Å². The minimum Gasteiger partial charge on any atom is -0.487 e. The summed E-state index contributed by atoms with van der Waals surface area (Å²) in [6.07, 6.45) is 0.156. The van der Waals surface area contributed by atoms with Crippen molar-refractivity contribution in [3.8, 4) is 5.75 Å². The van der Waals surface area contributed by atoms with Crippen LogP contribution in [0.25, 0.3) is 0 Å². The number of hydrogen-bond acceptors (Lipinski definition) is 3. The van der Waals surface area contributed by atoms with Crippen molar-refractivity contribution >= 4 is 11.6 Å². The Morgan fingerprint density at radius 1 is 1.28 bits per heavy atom. The van der Waals surface area contributed by atoms with Gasteiger partial charge in [0.05, 0.1) is 12.5 Å². The van der Waals surface area contributed by atoms with E-state index in [1.54, 1.807) is 18.2 Å². The highest BCUT2D eigenvalue weighted by atomic mass is 19.1. The third-order valence-corrected chi connectivity index (χ3v) is 4.23. The molecule has 0 radical (unpaired) electrons. The summed E-state index contributed by atoms with van der Waals surface area (Å²) in [6, 6.07) is 8.45. The molecule has 1 atom stereocenters. The average Bonchev–Trinajstić information content (AvgIpc) is 2.51. The summed E-state index contributed by atoms with van der Waals surface area (Å²) in [5.41, 5.74) is 6.44. The number of amides is 1. The second kappa shape index (κ2) is 6.35. The molecule has 0 fully saturated rings. The van der Waals surface area contributed by atoms with E-state index in [4.69, 9.17) is 10.5 Å². The molecule has 4 nitrogen and oxygen atoms in total. The average molecular weight is 346 g/mol. The van der Waals surface area contributed by atoms with Gasteiger partial charge in [0.25, 0.3) is 0 Å². The molecule has 0 bridgehead atoms. The maximum absolute atomic E-state index is 13.7. The van der Waals surface area contributed by atoms with Crippen LogP contribution in [-0.4, -0.2) is 11.5 Å². The molecule has 1 aliphatic heterocycles. The van der Waals surface area contributed by atoms with Crippen molar-refractivity contribution in [2.45, 2.75) is 38.3 Å². The van der Waals surface area contributed by atoms with Gasteiger partial charge in [0.1, 0.15) is 23.0 Å². The van der Waals surface area contributed by atoms with Crippen LogP contribution in [0.4, 0.5) is 14.5 Å². The normalized spacial score (nSPS) is 18.2. The van der Waals surface area contributed by atoms with Crippen molar-refractivity contribution in [1.29, 1.82) is 0 Å². The molecule has 6 heteroatoms. The number of nitrogens with two attached hydrogens (primary N) is 1. The van der Waals surface area contributed by atoms with Gasteiger partial charge in [0.15, 0.2) is 0 Å². The van der Waals surface area contributed by atoms with Crippen LogP contribution < -0.4 is 15.8 Å². The van der Waals surface area contributed by atoms with E-state index in [9.17, 15) is 13.6 Å². The minimum atomic E-state index is -0.730. The van der Waals surface area contributed by atoms with E-state index in [0.717, 1.165) is 17.7 Å². The fourth-order valence-electron chi connectivity index (χ4n) is 3.11. The molecule has 1 aliphatic rings. The second-order valence-corrected chi connectivity index (χ2v) is 6.86. The number of benzene rings is 2. The lowest BCUT2D eigenvalue weighted by Crippen LogP contribution is -2.41. The summed E-state index contributed by atoms with van der Waals surface area (Å²) in [6.45, 7) is 3.84. The molecule has 3 N–H and O–H groups in total. The number of ether oxygens (including phenoxy) is 1. The molecule has 1 heterocycles. The predicted molar refractivity (Wildman–Crippen MR) is 91.1 cm³/mol. The van der Waals surface area contributed by atoms with Crippen molar-refractivity contribution in [3.05, 3.63) is 59.2 Å². The van der Waals surface area contributed by atoms with Crippen LogP contribution in [0.1, 0.15) is 37.4 Å². The zero-order valence-corrected chi connectivity index (χ0v) is 14.1. The zero-order valence-electron chi connectivity index (χ0n) is 14.1. The number of rotatable bonds is 3. The van der Waals surface area contributed by atoms with Gasteiger partial charge in [-0.25, -0.2) is 8.78 Å². The van der Waals surface area contributed by atoms with Crippen LogP contribution in [0.5, 0.6) is 5.75 Å². The first-order valence-electron chi connectivity index (χ1n) is 8.06. The maximum Gasteiger partial charge on any atom is 0.225 e. The Labute approximate surface area is 145 Å². The number of hydrogen-bond donors (Lipinski definition) is 2. The lowest BCUT2D eigenvalue weighted by atomic mass is 9.89. The lowest BCUT2D eigenvalue weighted by molar-refractivity contribution is -0.121. The maximum atomic E-state index is 13.7. The number of fused-ring (bicyclic) bond motifs is 1. The van der Waals surface area contributed by atoms with Gasteiger partial charge >= 0.3 is 0 Å². The molecule has 0 spiro atoms. The lowest BCUT2D eigenvalue weighted by Gasteiger charge is -2.38. The smallest absolute Gasteiger partial charge is 0.225 e. The van der Waals surface area contributed by atoms with Gasteiger partial charge < -0.3 is 15.8 Å². The largest absolute Gasteiger partial charge is 0.487 e. The third kappa shape index (κ3) is 3.73. The third-order valence-electron chi connectivity index (χ3n) is 4.23. The first-order valence-corrected chi connectivity index (χ1v) is 8.06. The molecular formula is C19H20F2N2O2. The summed E-state index contributed by atoms with van der Waals surface area (Å²) < 4.78 is 33.4. The van der Waals surface area contributed by atoms with Gasteiger partial charge in [0.2, 0.25) is 5.91 Å². The van der Waals surface area contributed by atoms with Crippen molar-refractivity contribution in [2.24, 2.45) is 0 Å². The van der Waals surface area contributed by atoms with Crippen molar-refractivity contribution in [2.75, 3.05) is 5.73 Å². The molecule has 132 valence electrons. The monoisotopic (exact) mass is 346 g/mol. The van der Waals surface area contributed by atoms with E-state index in [1.165, 1.54) is 6.07 Å². The molecule has 1 unspecified atom stereocenters. The Hall–Kier alpha value is -2.63. The highest BCUT2D eigenvalue weighted by Gasteiger charge is 2.34. The fraction of sp³-hybridized carbons (Fsp3) is 0.316. The number of anilines is 1. The second-order valence-electron chi connectivity index (χ2n) is 6.86. The van der Waals surface area contributed by atoms with E-state index in [2.05, 4.69) is 5.32 Å². The Morgan fingerprint density at radius 3 is 2.64 bits per heavy atom. The van der Waals surface area contributed by atoms with Crippen LogP contribution >= 0.6 is 0 Å². The van der Waals surface area contributed by atoms with Gasteiger partial charge in [-0.3, -0.25) is 4.79 Å². The predicted octanol–water partition coefficient (Wildman–Crippen LogP) is 3.51. The van der Waals surface area contributed by atoms with Gasteiger partial charge in [0, 0.05) is 23.2 Å². The van der Waals surface area contributed by atoms with Gasteiger partial charge in [-0.2, -0.15) is 0 Å². The molecule has 0 aromatic heterocycles. The first-order chi connectivity index (χ1) is 11.7. The molecule has 3 rings (SSSR count).